The number of anilines is 1. The van der Waals surface area contributed by atoms with Crippen LogP contribution in [-0.2, 0) is 19.1 Å². The van der Waals surface area contributed by atoms with E-state index in [1.54, 1.807) is 4.90 Å². The molecule has 1 aliphatic rings. The minimum absolute atomic E-state index is 0.0617. The van der Waals surface area contributed by atoms with Crippen molar-refractivity contribution in [3.05, 3.63) is 65.7 Å². The van der Waals surface area contributed by atoms with Crippen molar-refractivity contribution in [3.63, 3.8) is 0 Å². The maximum atomic E-state index is 12.4. The molecule has 0 bridgehead atoms. The number of primary amides is 1. The highest BCUT2D eigenvalue weighted by atomic mass is 16.5. The molecule has 1 saturated heterocycles. The lowest BCUT2D eigenvalue weighted by atomic mass is 10.1. The molecule has 0 aromatic heterocycles. The second-order valence-electron chi connectivity index (χ2n) is 7.13. The van der Waals surface area contributed by atoms with Gasteiger partial charge < -0.3 is 20.7 Å². The maximum absolute atomic E-state index is 12.4. The van der Waals surface area contributed by atoms with E-state index in [1.165, 1.54) is 24.3 Å². The van der Waals surface area contributed by atoms with Gasteiger partial charge in [-0.1, -0.05) is 30.3 Å². The summed E-state index contributed by atoms with van der Waals surface area (Å²) < 4.78 is 5.10. The average molecular weight is 409 g/mol. The third-order valence-electron chi connectivity index (χ3n) is 5.04. The van der Waals surface area contributed by atoms with E-state index in [9.17, 15) is 19.2 Å². The molecular formula is C22H23N3O5. The topological polar surface area (TPSA) is 119 Å². The van der Waals surface area contributed by atoms with E-state index in [2.05, 4.69) is 5.32 Å². The van der Waals surface area contributed by atoms with Crippen LogP contribution in [0.1, 0.15) is 35.3 Å². The fourth-order valence-electron chi connectivity index (χ4n) is 3.34. The van der Waals surface area contributed by atoms with Crippen LogP contribution in [0.15, 0.2) is 54.6 Å². The molecule has 0 saturated carbocycles. The maximum Gasteiger partial charge on any atom is 0.311 e. The molecule has 2 atom stereocenters. The summed E-state index contributed by atoms with van der Waals surface area (Å²) >= 11 is 0. The Balaban J connectivity index is 1.49. The number of carbonyl (C=O) groups excluding carboxylic acids is 4. The molecule has 156 valence electrons. The van der Waals surface area contributed by atoms with E-state index >= 15 is 0 Å². The number of nitrogens with one attached hydrogen (secondary N) is 1. The van der Waals surface area contributed by atoms with Gasteiger partial charge in [-0.05, 0) is 36.8 Å². The number of benzene rings is 2. The molecule has 8 heteroatoms. The second-order valence-corrected chi connectivity index (χ2v) is 7.13. The minimum atomic E-state index is -0.605. The summed E-state index contributed by atoms with van der Waals surface area (Å²) in [7, 11) is 0. The zero-order chi connectivity index (χ0) is 21.7. The zero-order valence-electron chi connectivity index (χ0n) is 16.5. The highest BCUT2D eigenvalue weighted by Gasteiger charge is 2.38. The van der Waals surface area contributed by atoms with Crippen LogP contribution in [0.5, 0.6) is 0 Å². The SMILES string of the molecule is C[C@H](c1ccccc1)N1C[C@@H](C(=O)OCC(=O)Nc2ccc(C(N)=O)cc2)CC1=O. The van der Waals surface area contributed by atoms with Crippen molar-refractivity contribution in [2.45, 2.75) is 19.4 Å². The molecule has 1 fully saturated rings. The van der Waals surface area contributed by atoms with Crippen molar-refractivity contribution in [1.82, 2.24) is 4.90 Å². The van der Waals surface area contributed by atoms with Crippen molar-refractivity contribution in [2.24, 2.45) is 11.7 Å². The predicted octanol–water partition coefficient (Wildman–Crippen LogP) is 1.88. The average Bonchev–Trinajstić information content (AvgIpc) is 3.14. The monoisotopic (exact) mass is 409 g/mol. The van der Waals surface area contributed by atoms with Gasteiger partial charge in [0.1, 0.15) is 0 Å². The van der Waals surface area contributed by atoms with Crippen LogP contribution in [0.2, 0.25) is 0 Å². The van der Waals surface area contributed by atoms with Gasteiger partial charge in [-0.25, -0.2) is 0 Å². The van der Waals surface area contributed by atoms with E-state index in [4.69, 9.17) is 10.5 Å². The van der Waals surface area contributed by atoms with E-state index in [0.717, 1.165) is 5.56 Å². The van der Waals surface area contributed by atoms with E-state index in [0.29, 0.717) is 11.3 Å². The summed E-state index contributed by atoms with van der Waals surface area (Å²) in [4.78, 5) is 49.4. The first-order valence-electron chi connectivity index (χ1n) is 9.56. The van der Waals surface area contributed by atoms with Crippen LogP contribution in [0, 0.1) is 5.92 Å². The van der Waals surface area contributed by atoms with E-state index in [-0.39, 0.29) is 24.9 Å². The number of hydrogen-bond donors (Lipinski definition) is 2. The molecule has 0 spiro atoms. The third-order valence-corrected chi connectivity index (χ3v) is 5.04. The highest BCUT2D eigenvalue weighted by molar-refractivity contribution is 5.96. The second kappa shape index (κ2) is 9.21. The van der Waals surface area contributed by atoms with Crippen molar-refractivity contribution < 1.29 is 23.9 Å². The standard InChI is InChI=1S/C22H23N3O5/c1-14(15-5-3-2-4-6-15)25-12-17(11-20(25)27)22(29)30-13-19(26)24-18-9-7-16(8-10-18)21(23)28/h2-10,14,17H,11-13H2,1H3,(H2,23,28)(H,24,26)/t14-,17+/m1/s1. The van der Waals surface area contributed by atoms with Gasteiger partial charge in [-0.15, -0.1) is 0 Å². The van der Waals surface area contributed by atoms with Gasteiger partial charge in [0, 0.05) is 24.2 Å². The summed E-state index contributed by atoms with van der Waals surface area (Å²) in [6, 6.07) is 15.4. The third kappa shape index (κ3) is 5.02. The lowest BCUT2D eigenvalue weighted by Gasteiger charge is -2.25. The number of hydrogen-bond acceptors (Lipinski definition) is 5. The quantitative estimate of drug-likeness (QED) is 0.677. The Labute approximate surface area is 174 Å². The fourth-order valence-corrected chi connectivity index (χ4v) is 3.34. The van der Waals surface area contributed by atoms with Crippen molar-refractivity contribution >= 4 is 29.4 Å². The molecule has 1 aliphatic heterocycles. The summed E-state index contributed by atoms with van der Waals surface area (Å²) in [5, 5.41) is 2.57. The Hall–Kier alpha value is -3.68. The Morgan fingerprint density at radius 3 is 2.43 bits per heavy atom. The minimum Gasteiger partial charge on any atom is -0.455 e. The summed E-state index contributed by atoms with van der Waals surface area (Å²) in [5.41, 5.74) is 6.92. The molecule has 8 nitrogen and oxygen atoms in total. The first kappa shape index (κ1) is 21.0. The van der Waals surface area contributed by atoms with Crippen LogP contribution in [-0.4, -0.2) is 41.7 Å². The van der Waals surface area contributed by atoms with Crippen LogP contribution < -0.4 is 11.1 Å². The molecule has 3 rings (SSSR count). The van der Waals surface area contributed by atoms with Crippen molar-refractivity contribution in [2.75, 3.05) is 18.5 Å². The van der Waals surface area contributed by atoms with Crippen LogP contribution in [0.4, 0.5) is 5.69 Å². The van der Waals surface area contributed by atoms with Gasteiger partial charge in [0.05, 0.1) is 12.0 Å². The smallest absolute Gasteiger partial charge is 0.311 e. The number of nitrogens with two attached hydrogens (primary N) is 1. The number of nitrogens with zero attached hydrogens (tertiary/aromatic N) is 1. The molecule has 30 heavy (non-hydrogen) atoms. The number of ether oxygens (including phenoxy) is 1. The number of esters is 1. The zero-order valence-corrected chi connectivity index (χ0v) is 16.5. The Kier molecular flexibility index (Phi) is 6.46. The molecule has 0 unspecified atom stereocenters. The normalized spacial score (nSPS) is 16.8. The number of rotatable bonds is 7. The Morgan fingerprint density at radius 2 is 1.80 bits per heavy atom. The van der Waals surface area contributed by atoms with E-state index < -0.39 is 30.3 Å². The highest BCUT2D eigenvalue weighted by Crippen LogP contribution is 2.29. The first-order valence-corrected chi connectivity index (χ1v) is 9.56. The molecule has 3 amide bonds. The van der Waals surface area contributed by atoms with E-state index in [1.807, 2.05) is 37.3 Å². The molecule has 1 heterocycles. The fraction of sp³-hybridized carbons (Fsp3) is 0.273. The summed E-state index contributed by atoms with van der Waals surface area (Å²) in [6.45, 7) is 1.71. The summed E-state index contributed by atoms with van der Waals surface area (Å²) in [5.74, 6) is -2.39. The van der Waals surface area contributed by atoms with Gasteiger partial charge >= 0.3 is 5.97 Å². The van der Waals surface area contributed by atoms with Crippen LogP contribution in [0.25, 0.3) is 0 Å². The molecule has 0 radical (unpaired) electrons. The molecule has 3 N–H and O–H groups in total. The lowest BCUT2D eigenvalue weighted by Crippen LogP contribution is -2.30. The van der Waals surface area contributed by atoms with Crippen LogP contribution >= 0.6 is 0 Å². The number of carbonyl (C=O) groups is 4. The molecular weight excluding hydrogens is 386 g/mol. The van der Waals surface area contributed by atoms with Crippen LogP contribution in [0.3, 0.4) is 0 Å². The van der Waals surface area contributed by atoms with Crippen molar-refractivity contribution in [1.29, 1.82) is 0 Å². The van der Waals surface area contributed by atoms with Gasteiger partial charge in [0.25, 0.3) is 5.91 Å². The number of amides is 3. The first-order chi connectivity index (χ1) is 14.3. The van der Waals surface area contributed by atoms with Gasteiger partial charge in [-0.2, -0.15) is 0 Å². The Morgan fingerprint density at radius 1 is 1.13 bits per heavy atom. The van der Waals surface area contributed by atoms with Crippen molar-refractivity contribution in [3.8, 4) is 0 Å². The number of likely N-dealkylation sites (tertiary alicyclic amines) is 1. The Bertz CT molecular complexity index is 943. The summed E-state index contributed by atoms with van der Waals surface area (Å²) in [6.07, 6.45) is 0.0617. The largest absolute Gasteiger partial charge is 0.455 e. The predicted molar refractivity (Wildman–Crippen MR) is 109 cm³/mol. The van der Waals surface area contributed by atoms with Gasteiger partial charge in [0.2, 0.25) is 11.8 Å². The molecule has 2 aromatic rings. The van der Waals surface area contributed by atoms with Gasteiger partial charge in [-0.3, -0.25) is 19.2 Å². The molecule has 0 aliphatic carbocycles. The lowest BCUT2D eigenvalue weighted by molar-refractivity contribution is -0.151. The van der Waals surface area contributed by atoms with Gasteiger partial charge in [0.15, 0.2) is 6.61 Å². The molecule has 2 aromatic carbocycles.